The first-order valence-corrected chi connectivity index (χ1v) is 8.00. The van der Waals surface area contributed by atoms with Crippen LogP contribution in [0.5, 0.6) is 0 Å². The number of hydrogen-bond donors (Lipinski definition) is 1. The lowest BCUT2D eigenvalue weighted by Crippen LogP contribution is -2.40. The maximum absolute atomic E-state index is 13.2. The molecular weight excluding hydrogens is 308 g/mol. The van der Waals surface area contributed by atoms with Crippen molar-refractivity contribution in [1.82, 2.24) is 10.3 Å². The van der Waals surface area contributed by atoms with Crippen molar-refractivity contribution in [1.29, 1.82) is 0 Å². The number of anilines is 1. The quantitative estimate of drug-likeness (QED) is 0.919. The van der Waals surface area contributed by atoms with Gasteiger partial charge in [0.1, 0.15) is 5.82 Å². The third kappa shape index (κ3) is 3.51. The Morgan fingerprint density at radius 2 is 2.14 bits per heavy atom. The van der Waals surface area contributed by atoms with Crippen molar-refractivity contribution in [2.75, 3.05) is 18.0 Å². The molecule has 3 nitrogen and oxygen atoms in total. The minimum absolute atomic E-state index is 0.0912. The number of nitrogens with one attached hydrogen (secondary N) is 1. The van der Waals surface area contributed by atoms with Crippen molar-refractivity contribution in [3.8, 4) is 0 Å². The molecule has 3 heterocycles. The lowest BCUT2D eigenvalue weighted by molar-refractivity contribution is -0.0221. The molecule has 3 rings (SSSR count). The molecule has 0 radical (unpaired) electrons. The van der Waals surface area contributed by atoms with Gasteiger partial charge in [-0.1, -0.05) is 17.7 Å². The molecule has 0 bridgehead atoms. The van der Waals surface area contributed by atoms with E-state index in [9.17, 15) is 8.78 Å². The number of pyridine rings is 1. The van der Waals surface area contributed by atoms with Gasteiger partial charge >= 0.3 is 0 Å². The van der Waals surface area contributed by atoms with Crippen LogP contribution < -0.4 is 10.2 Å². The number of rotatable bonds is 3. The van der Waals surface area contributed by atoms with E-state index < -0.39 is 5.92 Å². The predicted molar refractivity (Wildman–Crippen MR) is 84.5 cm³/mol. The fourth-order valence-corrected chi connectivity index (χ4v) is 3.34. The molecule has 120 valence electrons. The molecule has 0 amide bonds. The third-order valence-electron chi connectivity index (χ3n) is 4.30. The molecule has 1 atom stereocenters. The molecule has 1 aromatic rings. The van der Waals surface area contributed by atoms with Gasteiger partial charge < -0.3 is 10.2 Å². The van der Waals surface area contributed by atoms with E-state index in [2.05, 4.69) is 16.4 Å². The summed E-state index contributed by atoms with van der Waals surface area (Å²) < 4.78 is 26.5. The maximum Gasteiger partial charge on any atom is 0.251 e. The standard InChI is InChI=1S/C16H20ClF2N3/c1-11-6-12(7-14-8-13(17)10-20-14)9-21-15(11)22-4-2-16(18,19)3-5-22/h6,9-10,14,20H,2-5,7-8H2,1H3. The number of piperidine rings is 1. The van der Waals surface area contributed by atoms with Crippen molar-refractivity contribution in [2.45, 2.75) is 44.6 Å². The molecule has 1 aromatic heterocycles. The van der Waals surface area contributed by atoms with E-state index in [4.69, 9.17) is 11.6 Å². The molecule has 6 heteroatoms. The Kier molecular flexibility index (Phi) is 4.26. The van der Waals surface area contributed by atoms with E-state index in [0.717, 1.165) is 34.8 Å². The summed E-state index contributed by atoms with van der Waals surface area (Å²) >= 11 is 5.97. The van der Waals surface area contributed by atoms with Gasteiger partial charge in [-0.2, -0.15) is 0 Å². The molecule has 2 aliphatic heterocycles. The SMILES string of the molecule is Cc1cc(CC2CC(Cl)=CN2)cnc1N1CCC(F)(F)CC1. The highest BCUT2D eigenvalue weighted by atomic mass is 35.5. The van der Waals surface area contributed by atoms with Gasteiger partial charge in [0.25, 0.3) is 5.92 Å². The largest absolute Gasteiger partial charge is 0.387 e. The fraction of sp³-hybridized carbons (Fsp3) is 0.562. The summed E-state index contributed by atoms with van der Waals surface area (Å²) in [6, 6.07) is 2.41. The van der Waals surface area contributed by atoms with Crippen LogP contribution in [0.2, 0.25) is 0 Å². The number of alkyl halides is 2. The highest BCUT2D eigenvalue weighted by molar-refractivity contribution is 6.29. The van der Waals surface area contributed by atoms with Gasteiger partial charge in [-0.25, -0.2) is 13.8 Å². The molecular formula is C16H20ClF2N3. The summed E-state index contributed by atoms with van der Waals surface area (Å²) in [5.41, 5.74) is 2.18. The summed E-state index contributed by atoms with van der Waals surface area (Å²) in [6.45, 7) is 2.72. The first-order chi connectivity index (χ1) is 10.4. The fourth-order valence-electron chi connectivity index (χ4n) is 3.09. The van der Waals surface area contributed by atoms with E-state index in [1.165, 1.54) is 0 Å². The molecule has 1 N–H and O–H groups in total. The monoisotopic (exact) mass is 327 g/mol. The topological polar surface area (TPSA) is 28.2 Å². The number of hydrogen-bond acceptors (Lipinski definition) is 3. The van der Waals surface area contributed by atoms with Gasteiger partial charge in [0.2, 0.25) is 0 Å². The second kappa shape index (κ2) is 6.03. The Bertz CT molecular complexity index is 579. The Labute approximate surface area is 134 Å². The van der Waals surface area contributed by atoms with Gasteiger partial charge in [0.05, 0.1) is 0 Å². The molecule has 0 saturated carbocycles. The molecule has 1 unspecified atom stereocenters. The first-order valence-electron chi connectivity index (χ1n) is 7.62. The van der Waals surface area contributed by atoms with E-state index >= 15 is 0 Å². The van der Waals surface area contributed by atoms with Crippen molar-refractivity contribution >= 4 is 17.4 Å². The van der Waals surface area contributed by atoms with Crippen molar-refractivity contribution in [3.05, 3.63) is 34.6 Å². The van der Waals surface area contributed by atoms with Crippen molar-refractivity contribution < 1.29 is 8.78 Å². The van der Waals surface area contributed by atoms with Crippen molar-refractivity contribution in [3.63, 3.8) is 0 Å². The van der Waals surface area contributed by atoms with Gasteiger partial charge in [0, 0.05) is 55.8 Å². The zero-order chi connectivity index (χ0) is 15.7. The van der Waals surface area contributed by atoms with Gasteiger partial charge in [-0.05, 0) is 24.5 Å². The Morgan fingerprint density at radius 1 is 1.41 bits per heavy atom. The Balaban J connectivity index is 1.65. The van der Waals surface area contributed by atoms with Gasteiger partial charge in [-0.3, -0.25) is 0 Å². The van der Waals surface area contributed by atoms with E-state index in [-0.39, 0.29) is 12.8 Å². The van der Waals surface area contributed by atoms with E-state index in [1.807, 2.05) is 24.2 Å². The summed E-state index contributed by atoms with van der Waals surface area (Å²) in [4.78, 5) is 6.48. The summed E-state index contributed by atoms with van der Waals surface area (Å²) in [7, 11) is 0. The van der Waals surface area contributed by atoms with Crippen LogP contribution in [-0.4, -0.2) is 30.0 Å². The molecule has 0 aromatic carbocycles. The molecule has 1 saturated heterocycles. The number of halogens is 3. The summed E-state index contributed by atoms with van der Waals surface area (Å²) in [5.74, 6) is -1.69. The summed E-state index contributed by atoms with van der Waals surface area (Å²) in [5, 5.41) is 4.09. The Morgan fingerprint density at radius 3 is 2.73 bits per heavy atom. The van der Waals surface area contributed by atoms with Gasteiger partial charge in [-0.15, -0.1) is 0 Å². The first kappa shape index (κ1) is 15.5. The average molecular weight is 328 g/mol. The molecule has 1 fully saturated rings. The molecule has 0 spiro atoms. The van der Waals surface area contributed by atoms with E-state index in [0.29, 0.717) is 19.1 Å². The van der Waals surface area contributed by atoms with Crippen LogP contribution in [0.25, 0.3) is 0 Å². The predicted octanol–water partition coefficient (Wildman–Crippen LogP) is 3.61. The van der Waals surface area contributed by atoms with Crippen LogP contribution in [0.15, 0.2) is 23.5 Å². The highest BCUT2D eigenvalue weighted by Crippen LogP contribution is 2.31. The highest BCUT2D eigenvalue weighted by Gasteiger charge is 2.34. The van der Waals surface area contributed by atoms with Crippen LogP contribution in [0.3, 0.4) is 0 Å². The van der Waals surface area contributed by atoms with Crippen LogP contribution in [-0.2, 0) is 6.42 Å². The lowest BCUT2D eigenvalue weighted by atomic mass is 10.0. The third-order valence-corrected chi connectivity index (χ3v) is 4.56. The number of aromatic nitrogens is 1. The second-order valence-corrected chi connectivity index (χ2v) is 6.68. The van der Waals surface area contributed by atoms with E-state index in [1.54, 1.807) is 0 Å². The summed E-state index contributed by atoms with van der Waals surface area (Å²) in [6.07, 6.45) is 5.21. The van der Waals surface area contributed by atoms with Crippen LogP contribution in [0.4, 0.5) is 14.6 Å². The zero-order valence-electron chi connectivity index (χ0n) is 12.6. The minimum Gasteiger partial charge on any atom is -0.387 e. The lowest BCUT2D eigenvalue weighted by Gasteiger charge is -2.33. The molecule has 0 aliphatic carbocycles. The number of aryl methyl sites for hydroxylation is 1. The normalized spacial score (nSPS) is 24.1. The minimum atomic E-state index is -2.52. The second-order valence-electron chi connectivity index (χ2n) is 6.19. The Hall–Kier alpha value is -1.36. The van der Waals surface area contributed by atoms with Crippen LogP contribution >= 0.6 is 11.6 Å². The number of nitrogens with zero attached hydrogens (tertiary/aromatic N) is 2. The van der Waals surface area contributed by atoms with Crippen molar-refractivity contribution in [2.24, 2.45) is 0 Å². The smallest absolute Gasteiger partial charge is 0.251 e. The molecule has 22 heavy (non-hydrogen) atoms. The van der Waals surface area contributed by atoms with Crippen LogP contribution in [0, 0.1) is 6.92 Å². The molecule has 2 aliphatic rings. The van der Waals surface area contributed by atoms with Gasteiger partial charge in [0.15, 0.2) is 0 Å². The average Bonchev–Trinajstić information content (AvgIpc) is 2.85. The zero-order valence-corrected chi connectivity index (χ0v) is 13.3. The van der Waals surface area contributed by atoms with Crippen LogP contribution in [0.1, 0.15) is 30.4 Å². The maximum atomic E-state index is 13.2.